The zero-order valence-electron chi connectivity index (χ0n) is 25.6. The molecule has 43 heavy (non-hydrogen) atoms. The SMILES string of the molecule is CC(C)(C)c1cc(Oc2ccc3c4ccccc4n(-c4cccc(C(C)(C)C)c4)c3c2)cc(N2CNc3nccnc32)c1. The van der Waals surface area contributed by atoms with E-state index in [1.165, 1.54) is 27.4 Å². The van der Waals surface area contributed by atoms with Crippen LogP contribution in [0.5, 0.6) is 11.5 Å². The number of hydrogen-bond donors (Lipinski definition) is 1. The van der Waals surface area contributed by atoms with E-state index in [2.05, 4.69) is 151 Å². The van der Waals surface area contributed by atoms with E-state index in [9.17, 15) is 0 Å². The van der Waals surface area contributed by atoms with Gasteiger partial charge < -0.3 is 19.5 Å². The largest absolute Gasteiger partial charge is 0.457 e. The molecule has 0 spiro atoms. The second-order valence-corrected chi connectivity index (χ2v) is 13.4. The van der Waals surface area contributed by atoms with Crippen molar-refractivity contribution in [3.8, 4) is 17.2 Å². The number of para-hydroxylation sites is 1. The first-order valence-corrected chi connectivity index (χ1v) is 14.9. The molecule has 0 atom stereocenters. The number of hydrogen-bond acceptors (Lipinski definition) is 5. The molecule has 6 aromatic rings. The highest BCUT2D eigenvalue weighted by atomic mass is 16.5. The van der Waals surface area contributed by atoms with Crippen molar-refractivity contribution in [2.45, 2.75) is 52.4 Å². The van der Waals surface area contributed by atoms with Gasteiger partial charge >= 0.3 is 0 Å². The zero-order valence-corrected chi connectivity index (χ0v) is 25.6. The van der Waals surface area contributed by atoms with E-state index in [1.54, 1.807) is 12.4 Å². The summed E-state index contributed by atoms with van der Waals surface area (Å²) in [7, 11) is 0. The van der Waals surface area contributed by atoms with Gasteiger partial charge in [0.2, 0.25) is 0 Å². The van der Waals surface area contributed by atoms with E-state index in [1.807, 2.05) is 0 Å². The Kier molecular flexibility index (Phi) is 6.20. The molecule has 0 amide bonds. The van der Waals surface area contributed by atoms with E-state index in [0.717, 1.165) is 40.0 Å². The summed E-state index contributed by atoms with van der Waals surface area (Å²) in [6.45, 7) is 14.0. The first-order valence-electron chi connectivity index (χ1n) is 14.9. The number of aromatic nitrogens is 3. The third-order valence-corrected chi connectivity index (χ3v) is 8.26. The fourth-order valence-corrected chi connectivity index (χ4v) is 5.87. The number of anilines is 3. The molecule has 6 heteroatoms. The Bertz CT molecular complexity index is 1990. The molecule has 4 aromatic carbocycles. The van der Waals surface area contributed by atoms with E-state index < -0.39 is 0 Å². The van der Waals surface area contributed by atoms with E-state index >= 15 is 0 Å². The maximum Gasteiger partial charge on any atom is 0.177 e. The average molecular weight is 568 g/mol. The Labute approximate surface area is 253 Å². The molecule has 2 aromatic heterocycles. The van der Waals surface area contributed by atoms with Crippen LogP contribution >= 0.6 is 0 Å². The van der Waals surface area contributed by atoms with Gasteiger partial charge in [0.25, 0.3) is 0 Å². The summed E-state index contributed by atoms with van der Waals surface area (Å²) in [6.07, 6.45) is 3.44. The van der Waals surface area contributed by atoms with Gasteiger partial charge in [-0.25, -0.2) is 9.97 Å². The minimum absolute atomic E-state index is 0.0514. The second-order valence-electron chi connectivity index (χ2n) is 13.4. The quantitative estimate of drug-likeness (QED) is 0.230. The number of nitrogens with one attached hydrogen (secondary N) is 1. The summed E-state index contributed by atoms with van der Waals surface area (Å²) in [6, 6.07) is 30.4. The first-order chi connectivity index (χ1) is 20.6. The zero-order chi connectivity index (χ0) is 29.9. The van der Waals surface area contributed by atoms with Gasteiger partial charge in [-0.1, -0.05) is 71.9 Å². The van der Waals surface area contributed by atoms with Gasteiger partial charge in [-0.05, 0) is 64.4 Å². The van der Waals surface area contributed by atoms with Crippen LogP contribution in [0.1, 0.15) is 52.7 Å². The molecule has 0 saturated carbocycles. The van der Waals surface area contributed by atoms with Gasteiger partial charge in [-0.15, -0.1) is 0 Å². The normalized spacial score (nSPS) is 13.4. The number of nitrogens with zero attached hydrogens (tertiary/aromatic N) is 4. The van der Waals surface area contributed by atoms with Crippen molar-refractivity contribution in [2.24, 2.45) is 0 Å². The molecule has 6 nitrogen and oxygen atoms in total. The molecule has 3 heterocycles. The van der Waals surface area contributed by atoms with Crippen LogP contribution in [-0.2, 0) is 10.8 Å². The lowest BCUT2D eigenvalue weighted by Crippen LogP contribution is -2.19. The molecule has 1 N–H and O–H groups in total. The minimum Gasteiger partial charge on any atom is -0.457 e. The Morgan fingerprint density at radius 3 is 2.21 bits per heavy atom. The molecule has 216 valence electrons. The average Bonchev–Trinajstić information content (AvgIpc) is 3.55. The molecule has 1 aliphatic heterocycles. The molecular weight excluding hydrogens is 530 g/mol. The predicted octanol–water partition coefficient (Wildman–Crippen LogP) is 9.48. The minimum atomic E-state index is -0.0685. The number of fused-ring (bicyclic) bond motifs is 4. The summed E-state index contributed by atoms with van der Waals surface area (Å²) < 4.78 is 9.04. The lowest BCUT2D eigenvalue weighted by Gasteiger charge is -2.24. The van der Waals surface area contributed by atoms with Gasteiger partial charge in [-0.3, -0.25) is 0 Å². The van der Waals surface area contributed by atoms with Crippen LogP contribution < -0.4 is 15.0 Å². The fraction of sp³-hybridized carbons (Fsp3) is 0.243. The van der Waals surface area contributed by atoms with Gasteiger partial charge in [-0.2, -0.15) is 0 Å². The predicted molar refractivity (Wildman–Crippen MR) is 177 cm³/mol. The lowest BCUT2D eigenvalue weighted by atomic mass is 9.86. The van der Waals surface area contributed by atoms with Crippen molar-refractivity contribution in [2.75, 3.05) is 16.9 Å². The van der Waals surface area contributed by atoms with Crippen molar-refractivity contribution in [3.05, 3.63) is 108 Å². The Hall–Kier alpha value is -4.84. The van der Waals surface area contributed by atoms with Crippen molar-refractivity contribution in [1.82, 2.24) is 14.5 Å². The molecule has 0 radical (unpaired) electrons. The van der Waals surface area contributed by atoms with Crippen LogP contribution in [0.3, 0.4) is 0 Å². The van der Waals surface area contributed by atoms with E-state index in [-0.39, 0.29) is 10.8 Å². The maximum absolute atomic E-state index is 6.68. The summed E-state index contributed by atoms with van der Waals surface area (Å²) in [5, 5.41) is 5.78. The highest BCUT2D eigenvalue weighted by Gasteiger charge is 2.25. The molecule has 7 rings (SSSR count). The van der Waals surface area contributed by atoms with Crippen LogP contribution in [0.25, 0.3) is 27.5 Å². The molecular formula is C37H37N5O. The number of ether oxygens (including phenoxy) is 1. The maximum atomic E-state index is 6.68. The smallest absolute Gasteiger partial charge is 0.177 e. The van der Waals surface area contributed by atoms with E-state index in [4.69, 9.17) is 4.74 Å². The summed E-state index contributed by atoms with van der Waals surface area (Å²) >= 11 is 0. The molecule has 0 bridgehead atoms. The van der Waals surface area contributed by atoms with Gasteiger partial charge in [0.05, 0.1) is 17.7 Å². The van der Waals surface area contributed by atoms with Gasteiger partial charge in [0.1, 0.15) is 11.5 Å². The van der Waals surface area contributed by atoms with Crippen LogP contribution in [0.15, 0.2) is 97.3 Å². The molecule has 0 fully saturated rings. The third-order valence-electron chi connectivity index (χ3n) is 8.26. The Morgan fingerprint density at radius 2 is 1.40 bits per heavy atom. The summed E-state index contributed by atoms with van der Waals surface area (Å²) in [4.78, 5) is 11.2. The monoisotopic (exact) mass is 567 g/mol. The van der Waals surface area contributed by atoms with Crippen LogP contribution in [0.4, 0.5) is 17.3 Å². The van der Waals surface area contributed by atoms with Crippen molar-refractivity contribution < 1.29 is 4.74 Å². The van der Waals surface area contributed by atoms with E-state index in [0.29, 0.717) is 6.67 Å². The van der Waals surface area contributed by atoms with Crippen molar-refractivity contribution in [1.29, 1.82) is 0 Å². The second kappa shape index (κ2) is 9.87. The summed E-state index contributed by atoms with van der Waals surface area (Å²) in [5.74, 6) is 3.19. The highest BCUT2D eigenvalue weighted by molar-refractivity contribution is 6.09. The first kappa shape index (κ1) is 27.0. The molecule has 1 aliphatic rings. The fourth-order valence-electron chi connectivity index (χ4n) is 5.87. The van der Waals surface area contributed by atoms with Crippen molar-refractivity contribution in [3.63, 3.8) is 0 Å². The number of rotatable bonds is 4. The topological polar surface area (TPSA) is 55.2 Å². The summed E-state index contributed by atoms with van der Waals surface area (Å²) in [5.41, 5.74) is 6.93. The highest BCUT2D eigenvalue weighted by Crippen LogP contribution is 2.40. The van der Waals surface area contributed by atoms with Crippen LogP contribution in [0.2, 0.25) is 0 Å². The lowest BCUT2D eigenvalue weighted by molar-refractivity contribution is 0.479. The van der Waals surface area contributed by atoms with Crippen LogP contribution in [0, 0.1) is 0 Å². The molecule has 0 saturated heterocycles. The standard InChI is InChI=1S/C37H37N5O/c1-36(2,3)24-10-9-11-26(18-24)42-32-13-8-7-12-30(32)31-15-14-28(22-33(31)42)43-29-20-25(37(4,5)6)19-27(21-29)41-23-40-34-35(41)39-17-16-38-34/h7-22H,23H2,1-6H3,(H,38,40). The third kappa shape index (κ3) is 4.87. The van der Waals surface area contributed by atoms with Crippen LogP contribution in [-0.4, -0.2) is 21.2 Å². The molecule has 0 unspecified atom stereocenters. The molecule has 0 aliphatic carbocycles. The van der Waals surface area contributed by atoms with Gasteiger partial charge in [0.15, 0.2) is 11.6 Å². The van der Waals surface area contributed by atoms with Crippen molar-refractivity contribution >= 4 is 39.1 Å². The van der Waals surface area contributed by atoms with Gasteiger partial charge in [0, 0.05) is 46.7 Å². The number of benzene rings is 4. The Balaban J connectivity index is 1.35. The Morgan fingerprint density at radius 1 is 0.651 bits per heavy atom.